The molecule has 39 heavy (non-hydrogen) atoms. The molecule has 0 spiro atoms. The van der Waals surface area contributed by atoms with Crippen LogP contribution in [0, 0.1) is 22.7 Å². The summed E-state index contributed by atoms with van der Waals surface area (Å²) in [4.78, 5) is 8.42. The van der Waals surface area contributed by atoms with Crippen LogP contribution in [0.25, 0.3) is 11.2 Å². The summed E-state index contributed by atoms with van der Waals surface area (Å²) in [6.07, 6.45) is 2.98. The molecule has 8 nitrogen and oxygen atoms in total. The molecular weight excluding hydrogens is 527 g/mol. The fourth-order valence-corrected chi connectivity index (χ4v) is 4.66. The first-order chi connectivity index (χ1) is 18.8. The van der Waals surface area contributed by atoms with Crippen molar-refractivity contribution in [3.63, 3.8) is 0 Å². The van der Waals surface area contributed by atoms with E-state index in [1.807, 2.05) is 0 Å². The van der Waals surface area contributed by atoms with Crippen LogP contribution in [-0.2, 0) is 0 Å². The van der Waals surface area contributed by atoms with Gasteiger partial charge in [-0.25, -0.2) is 9.50 Å². The topological polar surface area (TPSA) is 112 Å². The number of halogens is 3. The van der Waals surface area contributed by atoms with Gasteiger partial charge in [0.05, 0.1) is 11.3 Å². The van der Waals surface area contributed by atoms with Gasteiger partial charge in [0.15, 0.2) is 11.5 Å². The smallest absolute Gasteiger partial charge is 0.416 e. The average molecular weight is 546 g/mol. The molecule has 194 valence electrons. The van der Waals surface area contributed by atoms with Gasteiger partial charge in [0, 0.05) is 18.1 Å². The summed E-state index contributed by atoms with van der Waals surface area (Å²) in [6, 6.07) is 14.5. The van der Waals surface area contributed by atoms with Crippen LogP contribution >= 0.6 is 11.8 Å². The number of anilines is 2. The minimum Gasteiger partial charge on any atom is -0.457 e. The van der Waals surface area contributed by atoms with Crippen molar-refractivity contribution in [2.75, 3.05) is 11.6 Å². The second kappa shape index (κ2) is 10.5. The van der Waals surface area contributed by atoms with E-state index in [-0.39, 0.29) is 41.1 Å². The van der Waals surface area contributed by atoms with Gasteiger partial charge < -0.3 is 10.1 Å². The highest BCUT2D eigenvalue weighted by Crippen LogP contribution is 2.38. The molecule has 12 heteroatoms. The quantitative estimate of drug-likeness (QED) is 0.208. The lowest BCUT2D eigenvalue weighted by Gasteiger charge is -2.18. The predicted octanol–water partition coefficient (Wildman–Crippen LogP) is 6.79. The molecule has 3 aromatic heterocycles. The number of allylic oxidation sites excluding steroid dienone is 4. The molecule has 1 aliphatic rings. The number of nitrogens with one attached hydrogen (secondary N) is 1. The molecule has 1 aliphatic carbocycles. The summed E-state index contributed by atoms with van der Waals surface area (Å²) in [6.45, 7) is 0. The number of thioether (sulfide) groups is 1. The Kier molecular flexibility index (Phi) is 6.96. The molecule has 0 radical (unpaired) electrons. The highest BCUT2D eigenvalue weighted by atomic mass is 32.2. The van der Waals surface area contributed by atoms with Gasteiger partial charge in [0.2, 0.25) is 0 Å². The zero-order valence-electron chi connectivity index (χ0n) is 20.3. The fourth-order valence-electron chi connectivity index (χ4n) is 4.13. The van der Waals surface area contributed by atoms with Gasteiger partial charge in [-0.3, -0.25) is 4.98 Å². The van der Waals surface area contributed by atoms with E-state index in [1.54, 1.807) is 55.0 Å². The number of benzene rings is 1. The third-order valence-electron chi connectivity index (χ3n) is 5.89. The van der Waals surface area contributed by atoms with Crippen molar-refractivity contribution in [1.82, 2.24) is 19.6 Å². The molecule has 1 N–H and O–H groups in total. The van der Waals surface area contributed by atoms with Crippen molar-refractivity contribution < 1.29 is 17.9 Å². The Balaban J connectivity index is 1.58. The van der Waals surface area contributed by atoms with Crippen LogP contribution in [0.1, 0.15) is 29.7 Å². The van der Waals surface area contributed by atoms with Crippen LogP contribution in [0.4, 0.5) is 24.7 Å². The van der Waals surface area contributed by atoms with E-state index in [9.17, 15) is 23.7 Å². The Morgan fingerprint density at radius 3 is 2.36 bits per heavy atom. The summed E-state index contributed by atoms with van der Waals surface area (Å²) in [7, 11) is 0. The van der Waals surface area contributed by atoms with E-state index in [0.717, 1.165) is 12.2 Å². The van der Waals surface area contributed by atoms with Crippen molar-refractivity contribution in [2.24, 2.45) is 0 Å². The first kappa shape index (κ1) is 25.8. The lowest BCUT2D eigenvalue weighted by atomic mass is 9.94. The summed E-state index contributed by atoms with van der Waals surface area (Å²) in [5.41, 5.74) is 0.608. The Morgan fingerprint density at radius 1 is 1.03 bits per heavy atom. The number of hydrogen-bond donors (Lipinski definition) is 1. The number of alkyl halides is 3. The van der Waals surface area contributed by atoms with E-state index in [2.05, 4.69) is 32.5 Å². The number of ether oxygens (including phenoxy) is 1. The predicted molar refractivity (Wildman–Crippen MR) is 140 cm³/mol. The number of rotatable bonds is 6. The Labute approximate surface area is 225 Å². The summed E-state index contributed by atoms with van der Waals surface area (Å²) >= 11 is 1.17. The first-order valence-corrected chi connectivity index (χ1v) is 12.8. The average Bonchev–Trinajstić information content (AvgIpc) is 3.29. The van der Waals surface area contributed by atoms with Gasteiger partial charge in [0.25, 0.3) is 0 Å². The third-order valence-corrected chi connectivity index (χ3v) is 6.57. The van der Waals surface area contributed by atoms with Crippen LogP contribution in [0.5, 0.6) is 11.5 Å². The second-order valence-electron chi connectivity index (χ2n) is 8.33. The monoisotopic (exact) mass is 545 g/mol. The normalized spacial score (nSPS) is 13.3. The molecule has 0 amide bonds. The van der Waals surface area contributed by atoms with Gasteiger partial charge in [-0.15, -0.1) is 16.9 Å². The zero-order valence-corrected chi connectivity index (χ0v) is 21.1. The van der Waals surface area contributed by atoms with E-state index >= 15 is 0 Å². The number of aromatic nitrogens is 4. The van der Waals surface area contributed by atoms with Crippen LogP contribution in [-0.4, -0.2) is 32.0 Å². The van der Waals surface area contributed by atoms with Gasteiger partial charge in [-0.05, 0) is 67.1 Å². The lowest BCUT2D eigenvalue weighted by molar-refractivity contribution is -0.0885. The Morgan fingerprint density at radius 2 is 1.72 bits per heavy atom. The molecule has 4 aromatic rings. The number of hydrogen-bond acceptors (Lipinski definition) is 8. The van der Waals surface area contributed by atoms with Crippen LogP contribution in [0.3, 0.4) is 0 Å². The van der Waals surface area contributed by atoms with Crippen molar-refractivity contribution in [3.05, 3.63) is 83.3 Å². The molecule has 0 saturated heterocycles. The van der Waals surface area contributed by atoms with Crippen LogP contribution in [0.2, 0.25) is 0 Å². The van der Waals surface area contributed by atoms with Crippen molar-refractivity contribution >= 4 is 34.5 Å². The minimum atomic E-state index is -4.53. The lowest BCUT2D eigenvalue weighted by Crippen LogP contribution is -2.14. The molecule has 0 aliphatic heterocycles. The van der Waals surface area contributed by atoms with Gasteiger partial charge in [-0.1, -0.05) is 6.08 Å². The maximum Gasteiger partial charge on any atom is 0.416 e. The second-order valence-corrected chi connectivity index (χ2v) is 9.12. The van der Waals surface area contributed by atoms with Crippen LogP contribution in [0.15, 0.2) is 71.5 Å². The molecule has 5 rings (SSSR count). The Bertz CT molecular complexity index is 1700. The SMILES string of the molecule is CSc1nc2c(C#N)c(Nc3ccc(Oc4ccncc4)cc3)nn2c(C2=CC(C(F)(F)F)=CCC2)c1C#N. The minimum absolute atomic E-state index is 0.0937. The van der Waals surface area contributed by atoms with Crippen molar-refractivity contribution in [3.8, 4) is 23.6 Å². The van der Waals surface area contributed by atoms with Gasteiger partial charge >= 0.3 is 6.18 Å². The first-order valence-electron chi connectivity index (χ1n) is 11.6. The number of nitriles is 2. The maximum absolute atomic E-state index is 13.5. The van der Waals surface area contributed by atoms with Crippen LogP contribution < -0.4 is 10.1 Å². The Hall–Kier alpha value is -4.81. The summed E-state index contributed by atoms with van der Waals surface area (Å²) in [5, 5.41) is 27.8. The molecule has 0 saturated carbocycles. The molecular formula is C27H18F3N7OS. The molecule has 0 atom stereocenters. The summed E-state index contributed by atoms with van der Waals surface area (Å²) < 4.78 is 47.6. The van der Waals surface area contributed by atoms with E-state index in [1.165, 1.54) is 16.3 Å². The van der Waals surface area contributed by atoms with E-state index in [0.29, 0.717) is 27.8 Å². The largest absolute Gasteiger partial charge is 0.457 e. The molecule has 3 heterocycles. The number of nitrogens with zero attached hydrogens (tertiary/aromatic N) is 6. The van der Waals surface area contributed by atoms with Gasteiger partial charge in [0.1, 0.15) is 39.8 Å². The van der Waals surface area contributed by atoms with E-state index in [4.69, 9.17) is 4.74 Å². The maximum atomic E-state index is 13.5. The molecule has 1 aromatic carbocycles. The molecule has 0 bridgehead atoms. The standard InChI is InChI=1S/C27H18F3N7OS/c1-39-26-21(14-31)23(16-3-2-4-17(13-16)27(28,29)30)37-25(35-26)22(15-32)24(36-37)34-18-5-7-19(8-6-18)38-20-9-11-33-12-10-20/h4-13H,2-3H2,1H3,(H,34,36). The highest BCUT2D eigenvalue weighted by molar-refractivity contribution is 7.98. The number of fused-ring (bicyclic) bond motifs is 1. The van der Waals surface area contributed by atoms with Crippen molar-refractivity contribution in [2.45, 2.75) is 24.0 Å². The van der Waals surface area contributed by atoms with E-state index < -0.39 is 11.7 Å². The molecule has 0 fully saturated rings. The summed E-state index contributed by atoms with van der Waals surface area (Å²) in [5.74, 6) is 1.35. The highest BCUT2D eigenvalue weighted by Gasteiger charge is 2.34. The van der Waals surface area contributed by atoms with Gasteiger partial charge in [-0.2, -0.15) is 23.7 Å². The number of pyridine rings is 1. The zero-order chi connectivity index (χ0) is 27.6. The fraction of sp³-hybridized carbons (Fsp3) is 0.148. The van der Waals surface area contributed by atoms with Crippen molar-refractivity contribution in [1.29, 1.82) is 10.5 Å². The molecule has 0 unspecified atom stereocenters. The third kappa shape index (κ3) is 5.15.